The second-order valence-electron chi connectivity index (χ2n) is 8.28. The molecule has 1 spiro atoms. The number of benzene rings is 4. The van der Waals surface area contributed by atoms with Crippen molar-refractivity contribution in [2.45, 2.75) is 0 Å². The molecule has 3 heteroatoms. The van der Waals surface area contributed by atoms with Gasteiger partial charge in [-0.3, -0.25) is 0 Å². The molecule has 7 rings (SSSR count). The molecule has 153 valence electrons. The molecule has 1 radical (unpaired) electrons. The van der Waals surface area contributed by atoms with E-state index < -0.39 is 8.07 Å². The maximum Gasteiger partial charge on any atom is 0.128 e. The van der Waals surface area contributed by atoms with Crippen LogP contribution in [0, 0.1) is 6.07 Å². The van der Waals surface area contributed by atoms with E-state index in [1.807, 2.05) is 6.20 Å². The fraction of sp³-hybridized carbons (Fsp3) is 0. The van der Waals surface area contributed by atoms with Crippen LogP contribution in [0.15, 0.2) is 109 Å². The summed E-state index contributed by atoms with van der Waals surface area (Å²) in [5.41, 5.74) is 7.48. The maximum absolute atomic E-state index is 4.87. The van der Waals surface area contributed by atoms with Gasteiger partial charge in [0.15, 0.2) is 0 Å². The standard InChI is InChI=1S/C29H18NSi.Ir/c1-2-9-20(10-3-1)21-16-17-24-28(19-21)31(27-15-8-18-30-29(24)27)25-13-6-4-11-22(25)23-12-5-7-14-26(23)31;/h1-16,18-19H;/q-1;. The Morgan fingerprint density at radius 3 is 1.94 bits per heavy atom. The Kier molecular flexibility index (Phi) is 4.41. The first-order valence-corrected chi connectivity index (χ1v) is 12.7. The van der Waals surface area contributed by atoms with E-state index in [0.717, 1.165) is 5.69 Å². The molecule has 0 amide bonds. The van der Waals surface area contributed by atoms with Crippen LogP contribution >= 0.6 is 0 Å². The summed E-state index contributed by atoms with van der Waals surface area (Å²) in [5.74, 6) is 0. The van der Waals surface area contributed by atoms with Crippen LogP contribution in [0.3, 0.4) is 0 Å². The molecule has 3 heterocycles. The molecule has 1 nitrogen and oxygen atoms in total. The van der Waals surface area contributed by atoms with Crippen LogP contribution in [0.25, 0.3) is 33.5 Å². The first kappa shape index (κ1) is 19.6. The second-order valence-corrected chi connectivity index (χ2v) is 11.9. The van der Waals surface area contributed by atoms with Gasteiger partial charge in [-0.05, 0) is 33.3 Å². The van der Waals surface area contributed by atoms with Crippen molar-refractivity contribution in [2.24, 2.45) is 0 Å². The summed E-state index contributed by atoms with van der Waals surface area (Å²) in [5, 5.41) is 5.76. The number of hydrogen-bond acceptors (Lipinski definition) is 1. The molecule has 0 atom stereocenters. The topological polar surface area (TPSA) is 12.9 Å². The Balaban J connectivity index is 0.00000196. The summed E-state index contributed by atoms with van der Waals surface area (Å²) in [7, 11) is -2.41. The number of rotatable bonds is 1. The van der Waals surface area contributed by atoms with E-state index in [1.54, 1.807) is 0 Å². The predicted octanol–water partition coefficient (Wildman–Crippen LogP) is 3.88. The molecular formula is C29H18IrNSi-. The molecule has 0 saturated carbocycles. The van der Waals surface area contributed by atoms with Crippen LogP contribution < -0.4 is 20.7 Å². The number of pyridine rings is 1. The van der Waals surface area contributed by atoms with E-state index in [0.29, 0.717) is 0 Å². The molecular weight excluding hydrogens is 583 g/mol. The van der Waals surface area contributed by atoms with Crippen molar-refractivity contribution in [1.82, 2.24) is 4.98 Å². The molecule has 2 aliphatic rings. The maximum atomic E-state index is 4.87. The zero-order chi connectivity index (χ0) is 20.4. The average molecular weight is 601 g/mol. The smallest absolute Gasteiger partial charge is 0.128 e. The van der Waals surface area contributed by atoms with Crippen LogP contribution in [0.4, 0.5) is 0 Å². The summed E-state index contributed by atoms with van der Waals surface area (Å²) in [6, 6.07) is 41.2. The van der Waals surface area contributed by atoms with Crippen LogP contribution in [-0.4, -0.2) is 13.1 Å². The van der Waals surface area contributed by atoms with Crippen molar-refractivity contribution in [3.05, 3.63) is 115 Å². The SMILES string of the molecule is [Ir].[c-]1cc(-c2ccccc2)cc2c1-c1ncccc1[Si]21c2ccccc2-c2ccccc21. The van der Waals surface area contributed by atoms with Gasteiger partial charge in [0.05, 0.1) is 0 Å². The summed E-state index contributed by atoms with van der Waals surface area (Å²) in [6.07, 6.45) is 1.92. The molecule has 0 bridgehead atoms. The van der Waals surface area contributed by atoms with E-state index in [4.69, 9.17) is 4.98 Å². The Hall–Kier alpha value is -3.10. The van der Waals surface area contributed by atoms with Crippen molar-refractivity contribution in [3.63, 3.8) is 0 Å². The second kappa shape index (κ2) is 7.21. The third-order valence-corrected chi connectivity index (χ3v) is 11.8. The molecule has 2 aliphatic heterocycles. The van der Waals surface area contributed by atoms with Crippen molar-refractivity contribution in [2.75, 3.05) is 0 Å². The van der Waals surface area contributed by atoms with Crippen LogP contribution in [0.5, 0.6) is 0 Å². The molecule has 0 unspecified atom stereocenters. The van der Waals surface area contributed by atoms with E-state index in [-0.39, 0.29) is 20.1 Å². The number of aromatic nitrogens is 1. The van der Waals surface area contributed by atoms with Crippen LogP contribution in [0.1, 0.15) is 0 Å². The van der Waals surface area contributed by atoms with Gasteiger partial charge in [-0.15, -0.1) is 28.9 Å². The Morgan fingerprint density at radius 2 is 1.22 bits per heavy atom. The number of fused-ring (bicyclic) bond motifs is 10. The van der Waals surface area contributed by atoms with Crippen molar-refractivity contribution in [1.29, 1.82) is 0 Å². The molecule has 0 aliphatic carbocycles. The minimum absolute atomic E-state index is 0. The molecule has 1 aromatic heterocycles. The van der Waals surface area contributed by atoms with E-state index >= 15 is 0 Å². The van der Waals surface area contributed by atoms with Gasteiger partial charge in [-0.25, -0.2) is 0 Å². The third-order valence-electron chi connectivity index (χ3n) is 6.85. The van der Waals surface area contributed by atoms with Gasteiger partial charge in [-0.1, -0.05) is 101 Å². The minimum Gasteiger partial charge on any atom is -0.305 e. The summed E-state index contributed by atoms with van der Waals surface area (Å²) in [4.78, 5) is 4.87. The summed E-state index contributed by atoms with van der Waals surface area (Å²) in [6.45, 7) is 0. The Bertz CT molecular complexity index is 1430. The van der Waals surface area contributed by atoms with Gasteiger partial charge in [0.2, 0.25) is 0 Å². The molecule has 0 N–H and O–H groups in total. The normalized spacial score (nSPS) is 13.6. The van der Waals surface area contributed by atoms with Crippen molar-refractivity contribution in [3.8, 4) is 33.5 Å². The monoisotopic (exact) mass is 601 g/mol. The number of nitrogens with zero attached hydrogens (tertiary/aromatic N) is 1. The van der Waals surface area contributed by atoms with Gasteiger partial charge >= 0.3 is 0 Å². The first-order valence-electron chi connectivity index (χ1n) is 10.7. The largest absolute Gasteiger partial charge is 0.305 e. The summed E-state index contributed by atoms with van der Waals surface area (Å²) >= 11 is 0. The average Bonchev–Trinajstić information content (AvgIpc) is 3.32. The molecule has 4 aromatic carbocycles. The van der Waals surface area contributed by atoms with Gasteiger partial charge < -0.3 is 4.98 Å². The zero-order valence-electron chi connectivity index (χ0n) is 17.2. The van der Waals surface area contributed by atoms with Crippen LogP contribution in [0.2, 0.25) is 0 Å². The predicted molar refractivity (Wildman–Crippen MR) is 130 cm³/mol. The fourth-order valence-corrected chi connectivity index (χ4v) is 11.2. The Morgan fingerprint density at radius 1 is 0.594 bits per heavy atom. The molecule has 0 saturated heterocycles. The summed E-state index contributed by atoms with van der Waals surface area (Å²) < 4.78 is 0. The molecule has 32 heavy (non-hydrogen) atoms. The van der Waals surface area contributed by atoms with Gasteiger partial charge in [0.1, 0.15) is 8.07 Å². The van der Waals surface area contributed by atoms with E-state index in [9.17, 15) is 0 Å². The first-order chi connectivity index (χ1) is 15.4. The molecule has 5 aromatic rings. The molecule has 0 fully saturated rings. The van der Waals surface area contributed by atoms with Gasteiger partial charge in [0.25, 0.3) is 0 Å². The van der Waals surface area contributed by atoms with E-state index in [1.165, 1.54) is 48.6 Å². The van der Waals surface area contributed by atoms with Crippen molar-refractivity contribution < 1.29 is 20.1 Å². The van der Waals surface area contributed by atoms with E-state index in [2.05, 4.69) is 109 Å². The Labute approximate surface area is 202 Å². The third kappa shape index (κ3) is 2.39. The van der Waals surface area contributed by atoms with Gasteiger partial charge in [-0.2, -0.15) is 0 Å². The quantitative estimate of drug-likeness (QED) is 0.206. The fourth-order valence-electron chi connectivity index (χ4n) is 5.65. The number of hydrogen-bond donors (Lipinski definition) is 0. The van der Waals surface area contributed by atoms with Crippen LogP contribution in [-0.2, 0) is 20.1 Å². The van der Waals surface area contributed by atoms with Crippen molar-refractivity contribution >= 4 is 28.8 Å². The minimum atomic E-state index is -2.41. The zero-order valence-corrected chi connectivity index (χ0v) is 20.6. The van der Waals surface area contributed by atoms with Gasteiger partial charge in [0, 0.05) is 26.3 Å².